The number of hydrogen-bond donors (Lipinski definition) is 1. The number of aldehydes is 1. The van der Waals surface area contributed by atoms with Gasteiger partial charge >= 0.3 is 0 Å². The third-order valence-electron chi connectivity index (χ3n) is 2.06. The van der Waals surface area contributed by atoms with E-state index in [0.717, 1.165) is 17.7 Å². The minimum Gasteiger partial charge on any atom is -0.395 e. The van der Waals surface area contributed by atoms with Gasteiger partial charge in [0.25, 0.3) is 0 Å². The zero-order valence-corrected chi connectivity index (χ0v) is 7.37. The molecule has 1 N–H and O–H groups in total. The number of aryl methyl sites for hydroxylation is 1. The molecule has 1 aromatic heterocycles. The molecule has 0 aliphatic rings. The monoisotopic (exact) mass is 167 g/mol. The number of hydrogen-bond acceptors (Lipinski definition) is 2. The number of aliphatic hydroxyl groups is 1. The zero-order valence-electron chi connectivity index (χ0n) is 7.37. The molecule has 0 aliphatic carbocycles. The molecule has 0 atom stereocenters. The number of carbonyl (C=O) groups excluding carboxylic acids is 1. The van der Waals surface area contributed by atoms with Crippen molar-refractivity contribution in [2.24, 2.45) is 0 Å². The van der Waals surface area contributed by atoms with E-state index in [-0.39, 0.29) is 6.61 Å². The molecular formula is C9H13NO2. The van der Waals surface area contributed by atoms with Crippen molar-refractivity contribution in [2.45, 2.75) is 20.4 Å². The Balaban J connectivity index is 3.09. The summed E-state index contributed by atoms with van der Waals surface area (Å²) in [6, 6.07) is 1.83. The summed E-state index contributed by atoms with van der Waals surface area (Å²) in [5, 5.41) is 8.74. The molecule has 0 saturated carbocycles. The van der Waals surface area contributed by atoms with Gasteiger partial charge in [-0.15, -0.1) is 0 Å². The summed E-state index contributed by atoms with van der Waals surface area (Å²) >= 11 is 0. The van der Waals surface area contributed by atoms with Gasteiger partial charge in [-0.25, -0.2) is 0 Å². The Bertz CT molecular complexity index is 289. The minimum absolute atomic E-state index is 0.106. The highest BCUT2D eigenvalue weighted by atomic mass is 16.3. The minimum atomic E-state index is 0.106. The van der Waals surface area contributed by atoms with Crippen LogP contribution in [0.1, 0.15) is 21.7 Å². The van der Waals surface area contributed by atoms with Crippen LogP contribution in [0.15, 0.2) is 6.07 Å². The molecule has 1 aromatic rings. The van der Waals surface area contributed by atoms with Crippen molar-refractivity contribution in [2.75, 3.05) is 6.61 Å². The van der Waals surface area contributed by atoms with Crippen LogP contribution in [0.25, 0.3) is 0 Å². The summed E-state index contributed by atoms with van der Waals surface area (Å²) < 4.78 is 1.93. The lowest BCUT2D eigenvalue weighted by Crippen LogP contribution is -2.05. The van der Waals surface area contributed by atoms with Crippen molar-refractivity contribution < 1.29 is 9.90 Å². The lowest BCUT2D eigenvalue weighted by atomic mass is 10.3. The fraction of sp³-hybridized carbons (Fsp3) is 0.444. The van der Waals surface area contributed by atoms with E-state index in [1.54, 1.807) is 0 Å². The van der Waals surface area contributed by atoms with Crippen molar-refractivity contribution >= 4 is 6.29 Å². The Morgan fingerprint density at radius 1 is 1.58 bits per heavy atom. The van der Waals surface area contributed by atoms with E-state index < -0.39 is 0 Å². The van der Waals surface area contributed by atoms with Crippen LogP contribution in [0.5, 0.6) is 0 Å². The highest BCUT2D eigenvalue weighted by Crippen LogP contribution is 2.12. The van der Waals surface area contributed by atoms with Crippen LogP contribution in [0.4, 0.5) is 0 Å². The molecule has 0 aromatic carbocycles. The number of aromatic nitrogens is 1. The highest BCUT2D eigenvalue weighted by Gasteiger charge is 2.06. The van der Waals surface area contributed by atoms with Crippen molar-refractivity contribution in [3.8, 4) is 0 Å². The fourth-order valence-corrected chi connectivity index (χ4v) is 1.39. The van der Waals surface area contributed by atoms with Gasteiger partial charge in [0.1, 0.15) is 0 Å². The van der Waals surface area contributed by atoms with E-state index >= 15 is 0 Å². The van der Waals surface area contributed by atoms with Crippen LogP contribution >= 0.6 is 0 Å². The molecule has 66 valence electrons. The van der Waals surface area contributed by atoms with Gasteiger partial charge < -0.3 is 9.67 Å². The first kappa shape index (κ1) is 9.00. The average molecular weight is 167 g/mol. The van der Waals surface area contributed by atoms with Crippen molar-refractivity contribution in [3.63, 3.8) is 0 Å². The number of carbonyl (C=O) groups is 1. The van der Waals surface area contributed by atoms with Gasteiger partial charge in [-0.2, -0.15) is 0 Å². The van der Waals surface area contributed by atoms with Gasteiger partial charge in [-0.3, -0.25) is 4.79 Å². The van der Waals surface area contributed by atoms with Crippen molar-refractivity contribution in [1.82, 2.24) is 4.57 Å². The molecule has 0 bridgehead atoms. The smallest absolute Gasteiger partial charge is 0.151 e. The summed E-state index contributed by atoms with van der Waals surface area (Å²) in [5.74, 6) is 0. The molecule has 12 heavy (non-hydrogen) atoms. The molecule has 0 saturated heterocycles. The third-order valence-corrected chi connectivity index (χ3v) is 2.06. The first-order chi connectivity index (χ1) is 5.70. The zero-order chi connectivity index (χ0) is 9.14. The number of nitrogens with zero attached hydrogens (tertiary/aromatic N) is 1. The topological polar surface area (TPSA) is 42.2 Å². The fourth-order valence-electron chi connectivity index (χ4n) is 1.39. The van der Waals surface area contributed by atoms with Gasteiger partial charge in [-0.05, 0) is 19.9 Å². The Morgan fingerprint density at radius 3 is 2.67 bits per heavy atom. The molecule has 0 spiro atoms. The third kappa shape index (κ3) is 1.41. The van der Waals surface area contributed by atoms with E-state index in [9.17, 15) is 4.79 Å². The van der Waals surface area contributed by atoms with E-state index in [4.69, 9.17) is 5.11 Å². The van der Waals surface area contributed by atoms with E-state index in [1.165, 1.54) is 0 Å². The molecule has 0 radical (unpaired) electrons. The molecule has 0 amide bonds. The predicted molar refractivity (Wildman–Crippen MR) is 46.4 cm³/mol. The first-order valence-corrected chi connectivity index (χ1v) is 3.93. The second-order valence-electron chi connectivity index (χ2n) is 2.82. The number of rotatable bonds is 3. The summed E-state index contributed by atoms with van der Waals surface area (Å²) in [7, 11) is 0. The SMILES string of the molecule is Cc1cc(C=O)c(C)n1CCO. The van der Waals surface area contributed by atoms with Gasteiger partial charge in [0, 0.05) is 23.5 Å². The average Bonchev–Trinajstić information content (AvgIpc) is 2.32. The van der Waals surface area contributed by atoms with E-state index in [2.05, 4.69) is 0 Å². The normalized spacial score (nSPS) is 10.2. The highest BCUT2D eigenvalue weighted by molar-refractivity contribution is 5.77. The van der Waals surface area contributed by atoms with Crippen LogP contribution in [0, 0.1) is 13.8 Å². The predicted octanol–water partition coefficient (Wildman–Crippen LogP) is 0.910. The lowest BCUT2D eigenvalue weighted by molar-refractivity contribution is 0.112. The van der Waals surface area contributed by atoms with Crippen LogP contribution < -0.4 is 0 Å². The quantitative estimate of drug-likeness (QED) is 0.680. The maximum absolute atomic E-state index is 10.5. The molecule has 1 heterocycles. The Labute approximate surface area is 71.6 Å². The summed E-state index contributed by atoms with van der Waals surface area (Å²) in [6.45, 7) is 4.47. The molecule has 0 aliphatic heterocycles. The van der Waals surface area contributed by atoms with Gasteiger partial charge in [-0.1, -0.05) is 0 Å². The summed E-state index contributed by atoms with van der Waals surface area (Å²) in [4.78, 5) is 10.5. The van der Waals surface area contributed by atoms with Gasteiger partial charge in [0.2, 0.25) is 0 Å². The summed E-state index contributed by atoms with van der Waals surface area (Å²) in [5.41, 5.74) is 2.65. The Morgan fingerprint density at radius 2 is 2.25 bits per heavy atom. The van der Waals surface area contributed by atoms with Crippen molar-refractivity contribution in [1.29, 1.82) is 0 Å². The largest absolute Gasteiger partial charge is 0.395 e. The molecular weight excluding hydrogens is 154 g/mol. The second kappa shape index (κ2) is 3.54. The molecule has 3 heteroatoms. The van der Waals surface area contributed by atoms with Crippen LogP contribution in [-0.4, -0.2) is 22.6 Å². The second-order valence-corrected chi connectivity index (χ2v) is 2.82. The van der Waals surface area contributed by atoms with Crippen molar-refractivity contribution in [3.05, 3.63) is 23.0 Å². The molecule has 0 unspecified atom stereocenters. The molecule has 0 fully saturated rings. The van der Waals surface area contributed by atoms with E-state index in [1.807, 2.05) is 24.5 Å². The number of aliphatic hydroxyl groups excluding tert-OH is 1. The first-order valence-electron chi connectivity index (χ1n) is 3.93. The van der Waals surface area contributed by atoms with Gasteiger partial charge in [0.05, 0.1) is 6.61 Å². The van der Waals surface area contributed by atoms with Crippen LogP contribution in [0.3, 0.4) is 0 Å². The van der Waals surface area contributed by atoms with E-state index in [0.29, 0.717) is 12.1 Å². The molecule has 1 rings (SSSR count). The summed E-state index contributed by atoms with van der Waals surface area (Å²) in [6.07, 6.45) is 0.843. The Kier molecular flexibility index (Phi) is 2.65. The van der Waals surface area contributed by atoms with Crippen LogP contribution in [-0.2, 0) is 6.54 Å². The lowest BCUT2D eigenvalue weighted by Gasteiger charge is -2.05. The standard InChI is InChI=1S/C9H13NO2/c1-7-5-9(6-12)8(2)10(7)3-4-11/h5-6,11H,3-4H2,1-2H3. The van der Waals surface area contributed by atoms with Gasteiger partial charge in [0.15, 0.2) is 6.29 Å². The Hall–Kier alpha value is -1.09. The maximum atomic E-state index is 10.5. The molecule has 3 nitrogen and oxygen atoms in total. The van der Waals surface area contributed by atoms with Crippen LogP contribution in [0.2, 0.25) is 0 Å². The maximum Gasteiger partial charge on any atom is 0.151 e.